The number of aryl methyl sites for hydroxylation is 1. The fourth-order valence-electron chi connectivity index (χ4n) is 4.47. The van der Waals surface area contributed by atoms with Crippen LogP contribution >= 0.6 is 0 Å². The first-order valence-corrected chi connectivity index (χ1v) is 11.5. The van der Waals surface area contributed by atoms with E-state index in [-0.39, 0.29) is 5.91 Å². The van der Waals surface area contributed by atoms with E-state index in [1.54, 1.807) is 0 Å². The molecule has 0 aliphatic carbocycles. The largest absolute Gasteiger partial charge is 0.478 e. The molecule has 0 radical (unpaired) electrons. The van der Waals surface area contributed by atoms with E-state index in [2.05, 4.69) is 31.2 Å². The Kier molecular flexibility index (Phi) is 6.20. The van der Waals surface area contributed by atoms with Crippen LogP contribution in [0.3, 0.4) is 0 Å². The lowest BCUT2D eigenvalue weighted by atomic mass is 10.1. The van der Waals surface area contributed by atoms with E-state index in [4.69, 9.17) is 9.15 Å². The number of hydrogen-bond donors (Lipinski definition) is 1. The lowest BCUT2D eigenvalue weighted by Gasteiger charge is -2.23. The van der Waals surface area contributed by atoms with Crippen molar-refractivity contribution in [2.24, 2.45) is 0 Å². The first kappa shape index (κ1) is 20.8. The van der Waals surface area contributed by atoms with E-state index in [1.165, 1.54) is 6.39 Å². The standard InChI is InChI=1S/C24H29N5O3/c30-21-9-7-18-8-10-22(27-24(18)26-21)31-16-2-1-11-28-12-4-13-29(15-14-28)20-6-3-5-19-23(20)32-17-25-19/h3,5-6,8,10,17H,1-2,4,7,9,11-16H2,(H,26,27,30). The van der Waals surface area contributed by atoms with Crippen molar-refractivity contribution in [1.82, 2.24) is 14.9 Å². The second kappa shape index (κ2) is 9.56. The summed E-state index contributed by atoms with van der Waals surface area (Å²) in [4.78, 5) is 25.2. The molecule has 32 heavy (non-hydrogen) atoms. The van der Waals surface area contributed by atoms with E-state index in [0.717, 1.165) is 80.8 Å². The summed E-state index contributed by atoms with van der Waals surface area (Å²) in [6.07, 6.45) is 5.98. The molecule has 168 valence electrons. The van der Waals surface area contributed by atoms with Crippen molar-refractivity contribution >= 4 is 28.5 Å². The molecule has 1 amide bonds. The van der Waals surface area contributed by atoms with Gasteiger partial charge in [-0.25, -0.2) is 4.98 Å². The van der Waals surface area contributed by atoms with Gasteiger partial charge in [0.2, 0.25) is 11.8 Å². The number of para-hydroxylation sites is 1. The van der Waals surface area contributed by atoms with Gasteiger partial charge in [-0.2, -0.15) is 4.98 Å². The van der Waals surface area contributed by atoms with Crippen molar-refractivity contribution < 1.29 is 13.9 Å². The second-order valence-electron chi connectivity index (χ2n) is 8.42. The van der Waals surface area contributed by atoms with Crippen LogP contribution in [0.25, 0.3) is 11.1 Å². The van der Waals surface area contributed by atoms with Gasteiger partial charge < -0.3 is 24.3 Å². The number of hydrogen-bond acceptors (Lipinski definition) is 7. The fraction of sp³-hybridized carbons (Fsp3) is 0.458. The topological polar surface area (TPSA) is 83.7 Å². The summed E-state index contributed by atoms with van der Waals surface area (Å²) >= 11 is 0. The highest BCUT2D eigenvalue weighted by molar-refractivity contribution is 5.92. The van der Waals surface area contributed by atoms with Crippen LogP contribution in [-0.4, -0.2) is 60.1 Å². The first-order chi connectivity index (χ1) is 15.8. The Morgan fingerprint density at radius 2 is 2.03 bits per heavy atom. The van der Waals surface area contributed by atoms with Crippen LogP contribution in [0.15, 0.2) is 41.1 Å². The Morgan fingerprint density at radius 1 is 1.06 bits per heavy atom. The SMILES string of the molecule is O=C1CCc2ccc(OCCCCN3CCCN(c4cccc5ncoc45)CC3)nc2N1. The van der Waals surface area contributed by atoms with Gasteiger partial charge in [-0.1, -0.05) is 6.07 Å². The Hall–Kier alpha value is -3.13. The first-order valence-electron chi connectivity index (χ1n) is 11.5. The highest BCUT2D eigenvalue weighted by atomic mass is 16.5. The summed E-state index contributed by atoms with van der Waals surface area (Å²) in [7, 11) is 0. The van der Waals surface area contributed by atoms with Gasteiger partial charge >= 0.3 is 0 Å². The minimum absolute atomic E-state index is 0.0238. The average Bonchev–Trinajstić information content (AvgIpc) is 3.17. The van der Waals surface area contributed by atoms with Gasteiger partial charge in [0.25, 0.3) is 0 Å². The predicted octanol–water partition coefficient (Wildman–Crippen LogP) is 3.48. The van der Waals surface area contributed by atoms with Gasteiger partial charge in [-0.15, -0.1) is 0 Å². The molecule has 0 bridgehead atoms. The molecule has 1 saturated heterocycles. The molecule has 0 spiro atoms. The van der Waals surface area contributed by atoms with Crippen LogP contribution < -0.4 is 15.0 Å². The molecule has 1 fully saturated rings. The van der Waals surface area contributed by atoms with Gasteiger partial charge in [-0.3, -0.25) is 4.79 Å². The Morgan fingerprint density at radius 3 is 3.00 bits per heavy atom. The summed E-state index contributed by atoms with van der Waals surface area (Å²) in [6.45, 7) is 5.86. The number of nitrogens with zero attached hydrogens (tertiary/aromatic N) is 4. The zero-order valence-electron chi connectivity index (χ0n) is 18.3. The van der Waals surface area contributed by atoms with Crippen LogP contribution in [0.4, 0.5) is 11.5 Å². The van der Waals surface area contributed by atoms with Crippen LogP contribution in [0.1, 0.15) is 31.2 Å². The highest BCUT2D eigenvalue weighted by Crippen LogP contribution is 2.27. The van der Waals surface area contributed by atoms with E-state index in [9.17, 15) is 4.79 Å². The normalized spacial score (nSPS) is 17.1. The Labute approximate surface area is 187 Å². The number of oxazole rings is 1. The molecule has 1 N–H and O–H groups in total. The summed E-state index contributed by atoms with van der Waals surface area (Å²) in [5.74, 6) is 1.25. The number of anilines is 2. The number of pyridine rings is 1. The third-order valence-corrected chi connectivity index (χ3v) is 6.22. The van der Waals surface area contributed by atoms with Crippen molar-refractivity contribution in [3.05, 3.63) is 42.3 Å². The van der Waals surface area contributed by atoms with Gasteiger partial charge in [0.15, 0.2) is 12.0 Å². The summed E-state index contributed by atoms with van der Waals surface area (Å²) < 4.78 is 11.5. The van der Waals surface area contributed by atoms with Crippen molar-refractivity contribution in [2.75, 3.05) is 49.5 Å². The van der Waals surface area contributed by atoms with E-state index < -0.39 is 0 Å². The van der Waals surface area contributed by atoms with Gasteiger partial charge in [-0.05, 0) is 62.5 Å². The molecule has 2 aliphatic rings. The summed E-state index contributed by atoms with van der Waals surface area (Å²) in [5, 5.41) is 2.82. The number of benzene rings is 1. The zero-order valence-corrected chi connectivity index (χ0v) is 18.3. The number of unbranched alkanes of at least 4 members (excludes halogenated alkanes) is 1. The van der Waals surface area contributed by atoms with Gasteiger partial charge in [0, 0.05) is 32.1 Å². The number of ether oxygens (including phenoxy) is 1. The van der Waals surface area contributed by atoms with Crippen molar-refractivity contribution in [2.45, 2.75) is 32.1 Å². The van der Waals surface area contributed by atoms with E-state index >= 15 is 0 Å². The molecule has 2 aliphatic heterocycles. The summed E-state index contributed by atoms with van der Waals surface area (Å²) in [5.41, 5.74) is 4.02. The van der Waals surface area contributed by atoms with Gasteiger partial charge in [0.1, 0.15) is 11.3 Å². The lowest BCUT2D eigenvalue weighted by Crippen LogP contribution is -2.31. The molecule has 1 aromatic carbocycles. The molecule has 8 nitrogen and oxygen atoms in total. The quantitative estimate of drug-likeness (QED) is 0.569. The number of fused-ring (bicyclic) bond motifs is 2. The Bertz CT molecular complexity index is 1080. The molecule has 0 atom stereocenters. The van der Waals surface area contributed by atoms with Gasteiger partial charge in [0.05, 0.1) is 12.3 Å². The maximum absolute atomic E-state index is 11.6. The third kappa shape index (κ3) is 4.70. The van der Waals surface area contributed by atoms with Crippen molar-refractivity contribution in [1.29, 1.82) is 0 Å². The molecule has 5 rings (SSSR count). The number of amides is 1. The second-order valence-corrected chi connectivity index (χ2v) is 8.42. The van der Waals surface area contributed by atoms with Crippen LogP contribution in [0, 0.1) is 0 Å². The molecule has 3 aromatic rings. The highest BCUT2D eigenvalue weighted by Gasteiger charge is 2.19. The monoisotopic (exact) mass is 435 g/mol. The molecule has 4 heterocycles. The predicted molar refractivity (Wildman–Crippen MR) is 123 cm³/mol. The zero-order chi connectivity index (χ0) is 21.8. The van der Waals surface area contributed by atoms with Crippen LogP contribution in [0.2, 0.25) is 0 Å². The van der Waals surface area contributed by atoms with Crippen molar-refractivity contribution in [3.8, 4) is 5.88 Å². The number of carbonyl (C=O) groups is 1. The number of rotatable bonds is 7. The minimum Gasteiger partial charge on any atom is -0.478 e. The lowest BCUT2D eigenvalue weighted by molar-refractivity contribution is -0.116. The molecule has 8 heteroatoms. The summed E-state index contributed by atoms with van der Waals surface area (Å²) in [6, 6.07) is 10.1. The minimum atomic E-state index is 0.0238. The molecule has 0 saturated carbocycles. The fourth-order valence-corrected chi connectivity index (χ4v) is 4.47. The smallest absolute Gasteiger partial charge is 0.225 e. The van der Waals surface area contributed by atoms with Crippen LogP contribution in [0.5, 0.6) is 5.88 Å². The van der Waals surface area contributed by atoms with Crippen LogP contribution in [-0.2, 0) is 11.2 Å². The number of carbonyl (C=O) groups excluding carboxylic acids is 1. The molecular formula is C24H29N5O3. The molecule has 2 aromatic heterocycles. The maximum atomic E-state index is 11.6. The molecule has 0 unspecified atom stereocenters. The Balaban J connectivity index is 1.06. The van der Waals surface area contributed by atoms with Crippen molar-refractivity contribution in [3.63, 3.8) is 0 Å². The molecular weight excluding hydrogens is 406 g/mol. The maximum Gasteiger partial charge on any atom is 0.225 e. The average molecular weight is 436 g/mol. The third-order valence-electron chi connectivity index (χ3n) is 6.22. The number of aromatic nitrogens is 2. The number of nitrogens with one attached hydrogen (secondary N) is 1. The van der Waals surface area contributed by atoms with E-state index in [0.29, 0.717) is 24.7 Å². The van der Waals surface area contributed by atoms with E-state index in [1.807, 2.05) is 24.3 Å².